The van der Waals surface area contributed by atoms with Crippen LogP contribution >= 0.6 is 11.6 Å². The first-order valence-corrected chi connectivity index (χ1v) is 11.3. The minimum Gasteiger partial charge on any atom is -0.361 e. The van der Waals surface area contributed by atoms with E-state index in [2.05, 4.69) is 15.0 Å². The molecule has 0 saturated heterocycles. The van der Waals surface area contributed by atoms with E-state index in [-0.39, 0.29) is 24.1 Å². The van der Waals surface area contributed by atoms with Gasteiger partial charge in [-0.3, -0.25) is 9.59 Å². The van der Waals surface area contributed by atoms with Crippen LogP contribution in [-0.2, 0) is 6.54 Å². The number of H-pyrrole nitrogens is 2. The van der Waals surface area contributed by atoms with Gasteiger partial charge in [0.1, 0.15) is 5.15 Å². The third kappa shape index (κ3) is 4.44. The Balaban J connectivity index is 1.83. The number of nitrogens with one attached hydrogen (secondary N) is 2. The predicted octanol–water partition coefficient (Wildman–Crippen LogP) is 5.55. The van der Waals surface area contributed by atoms with Gasteiger partial charge in [-0.05, 0) is 81.6 Å². The number of aromatic nitrogens is 3. The van der Waals surface area contributed by atoms with Crippen molar-refractivity contribution in [1.29, 1.82) is 0 Å². The smallest absolute Gasteiger partial charge is 0.255 e. The van der Waals surface area contributed by atoms with Crippen LogP contribution in [-0.4, -0.2) is 31.8 Å². The SMILES string of the molecule is Cc1cc(C)c(CN(C(=O)c2cc(-c3ccc(Cl)nc3)cc3[nH]cc(C)c23)C(C)C)c(=O)[nH]1. The molecule has 0 aliphatic rings. The molecule has 0 saturated carbocycles. The van der Waals surface area contributed by atoms with Crippen molar-refractivity contribution in [3.8, 4) is 11.1 Å². The number of nitrogens with zero attached hydrogens (tertiary/aromatic N) is 2. The summed E-state index contributed by atoms with van der Waals surface area (Å²) >= 11 is 5.96. The van der Waals surface area contributed by atoms with E-state index in [9.17, 15) is 9.59 Å². The first-order valence-electron chi connectivity index (χ1n) is 10.9. The highest BCUT2D eigenvalue weighted by Crippen LogP contribution is 2.31. The maximum Gasteiger partial charge on any atom is 0.255 e. The highest BCUT2D eigenvalue weighted by atomic mass is 35.5. The van der Waals surface area contributed by atoms with Gasteiger partial charge in [-0.1, -0.05) is 11.6 Å². The van der Waals surface area contributed by atoms with Gasteiger partial charge in [0.25, 0.3) is 11.5 Å². The maximum absolute atomic E-state index is 13.9. The standard InChI is InChI=1S/C26H27ClN4O2/c1-14(2)31(13-21-15(3)8-17(5)30-25(21)32)26(33)20-9-19(18-6-7-23(27)29-12-18)10-22-24(20)16(4)11-28-22/h6-12,14,28H,13H2,1-5H3,(H,30,32). The lowest BCUT2D eigenvalue weighted by Crippen LogP contribution is -2.38. The molecule has 4 aromatic rings. The zero-order chi connectivity index (χ0) is 23.9. The summed E-state index contributed by atoms with van der Waals surface area (Å²) in [5.74, 6) is -0.124. The monoisotopic (exact) mass is 462 g/mol. The minimum absolute atomic E-state index is 0.104. The molecule has 0 spiro atoms. The molecule has 1 amide bonds. The van der Waals surface area contributed by atoms with E-state index in [0.29, 0.717) is 16.3 Å². The summed E-state index contributed by atoms with van der Waals surface area (Å²) in [4.78, 5) is 38.7. The maximum atomic E-state index is 13.9. The number of fused-ring (bicyclic) bond motifs is 1. The third-order valence-electron chi connectivity index (χ3n) is 5.97. The van der Waals surface area contributed by atoms with Crippen LogP contribution in [0.25, 0.3) is 22.0 Å². The molecule has 0 aliphatic heterocycles. The molecule has 3 aromatic heterocycles. The molecule has 4 rings (SSSR count). The summed E-state index contributed by atoms with van der Waals surface area (Å²) in [6.45, 7) is 9.89. The van der Waals surface area contributed by atoms with Gasteiger partial charge in [-0.15, -0.1) is 0 Å². The molecule has 0 radical (unpaired) electrons. The largest absolute Gasteiger partial charge is 0.361 e. The minimum atomic E-state index is -0.157. The quantitative estimate of drug-likeness (QED) is 0.381. The Bertz CT molecular complexity index is 1400. The number of pyridine rings is 2. The number of hydrogen-bond donors (Lipinski definition) is 2. The van der Waals surface area contributed by atoms with E-state index in [1.807, 2.05) is 65.1 Å². The predicted molar refractivity (Wildman–Crippen MR) is 133 cm³/mol. The molecule has 0 fully saturated rings. The van der Waals surface area contributed by atoms with Crippen LogP contribution in [0.1, 0.15) is 46.6 Å². The van der Waals surface area contributed by atoms with Gasteiger partial charge in [0.05, 0.1) is 6.54 Å². The van der Waals surface area contributed by atoms with Crippen LogP contribution in [0.2, 0.25) is 5.15 Å². The topological polar surface area (TPSA) is 81.8 Å². The number of aromatic amines is 2. The summed E-state index contributed by atoms with van der Waals surface area (Å²) in [6.07, 6.45) is 3.60. The van der Waals surface area contributed by atoms with E-state index in [4.69, 9.17) is 11.6 Å². The second-order valence-corrected chi connectivity index (χ2v) is 9.14. The van der Waals surface area contributed by atoms with Crippen molar-refractivity contribution in [2.75, 3.05) is 0 Å². The Labute approximate surface area is 197 Å². The highest BCUT2D eigenvalue weighted by Gasteiger charge is 2.25. The van der Waals surface area contributed by atoms with Crippen molar-refractivity contribution in [2.24, 2.45) is 0 Å². The van der Waals surface area contributed by atoms with E-state index < -0.39 is 0 Å². The zero-order valence-electron chi connectivity index (χ0n) is 19.4. The van der Waals surface area contributed by atoms with Crippen molar-refractivity contribution in [2.45, 2.75) is 47.2 Å². The Kier molecular flexibility index (Phi) is 6.13. The van der Waals surface area contributed by atoms with Crippen molar-refractivity contribution < 1.29 is 4.79 Å². The first kappa shape index (κ1) is 22.8. The molecular weight excluding hydrogens is 436 g/mol. The van der Waals surface area contributed by atoms with Crippen molar-refractivity contribution in [1.82, 2.24) is 19.9 Å². The van der Waals surface area contributed by atoms with Crippen LogP contribution in [0.4, 0.5) is 0 Å². The average Bonchev–Trinajstić information content (AvgIpc) is 3.13. The summed E-state index contributed by atoms with van der Waals surface area (Å²) in [5.41, 5.74) is 6.30. The number of aryl methyl sites for hydroxylation is 3. The number of amides is 1. The number of hydrogen-bond acceptors (Lipinski definition) is 3. The van der Waals surface area contributed by atoms with Gasteiger partial charge in [0.15, 0.2) is 0 Å². The number of benzene rings is 1. The fraction of sp³-hybridized carbons (Fsp3) is 0.269. The van der Waals surface area contributed by atoms with Gasteiger partial charge >= 0.3 is 0 Å². The first-order chi connectivity index (χ1) is 15.7. The summed E-state index contributed by atoms with van der Waals surface area (Å²) < 4.78 is 0. The van der Waals surface area contributed by atoms with Crippen LogP contribution < -0.4 is 5.56 Å². The lowest BCUT2D eigenvalue weighted by Gasteiger charge is -2.28. The molecule has 2 N–H and O–H groups in total. The molecule has 170 valence electrons. The molecule has 33 heavy (non-hydrogen) atoms. The van der Waals surface area contributed by atoms with Crippen LogP contribution in [0, 0.1) is 20.8 Å². The van der Waals surface area contributed by atoms with Crippen LogP contribution in [0.15, 0.2) is 47.5 Å². The molecule has 7 heteroatoms. The van der Waals surface area contributed by atoms with Crippen LogP contribution in [0.3, 0.4) is 0 Å². The molecule has 0 unspecified atom stereocenters. The van der Waals surface area contributed by atoms with Gasteiger partial charge in [-0.2, -0.15) is 0 Å². The molecule has 0 atom stereocenters. The highest BCUT2D eigenvalue weighted by molar-refractivity contribution is 6.29. The van der Waals surface area contributed by atoms with E-state index in [0.717, 1.165) is 38.9 Å². The molecule has 6 nitrogen and oxygen atoms in total. The summed E-state index contributed by atoms with van der Waals surface area (Å²) in [6, 6.07) is 9.36. The van der Waals surface area contributed by atoms with Gasteiger partial charge in [0.2, 0.25) is 0 Å². The second-order valence-electron chi connectivity index (χ2n) is 8.76. The fourth-order valence-corrected chi connectivity index (χ4v) is 4.32. The van der Waals surface area contributed by atoms with Gasteiger partial charge < -0.3 is 14.9 Å². The number of carbonyl (C=O) groups is 1. The van der Waals surface area contributed by atoms with Gasteiger partial charge in [0, 0.05) is 51.7 Å². The molecule has 3 heterocycles. The summed E-state index contributed by atoms with van der Waals surface area (Å²) in [5, 5.41) is 1.29. The van der Waals surface area contributed by atoms with E-state index in [1.54, 1.807) is 17.2 Å². The summed E-state index contributed by atoms with van der Waals surface area (Å²) in [7, 11) is 0. The third-order valence-corrected chi connectivity index (χ3v) is 6.20. The Morgan fingerprint density at radius 1 is 1.09 bits per heavy atom. The van der Waals surface area contributed by atoms with Crippen molar-refractivity contribution in [3.05, 3.63) is 86.2 Å². The average molecular weight is 463 g/mol. The molecule has 0 aliphatic carbocycles. The Morgan fingerprint density at radius 2 is 1.85 bits per heavy atom. The van der Waals surface area contributed by atoms with Crippen LogP contribution in [0.5, 0.6) is 0 Å². The molecular formula is C26H27ClN4O2. The Hall–Kier alpha value is -3.38. The van der Waals surface area contributed by atoms with Gasteiger partial charge in [-0.25, -0.2) is 4.98 Å². The fourth-order valence-electron chi connectivity index (χ4n) is 4.21. The number of halogens is 1. The Morgan fingerprint density at radius 3 is 2.48 bits per heavy atom. The molecule has 1 aromatic carbocycles. The van der Waals surface area contributed by atoms with E-state index in [1.165, 1.54) is 0 Å². The lowest BCUT2D eigenvalue weighted by atomic mass is 9.98. The molecule has 0 bridgehead atoms. The second kappa shape index (κ2) is 8.87. The zero-order valence-corrected chi connectivity index (χ0v) is 20.2. The number of carbonyl (C=O) groups excluding carboxylic acids is 1. The lowest BCUT2D eigenvalue weighted by molar-refractivity contribution is 0.0691. The van der Waals surface area contributed by atoms with E-state index >= 15 is 0 Å². The normalized spacial score (nSPS) is 11.4. The van der Waals surface area contributed by atoms with Crippen molar-refractivity contribution in [3.63, 3.8) is 0 Å². The number of rotatable bonds is 5. The van der Waals surface area contributed by atoms with Crippen molar-refractivity contribution >= 4 is 28.4 Å².